The summed E-state index contributed by atoms with van der Waals surface area (Å²) < 4.78 is 2.06. The number of nitrogens with two attached hydrogens (primary N) is 1. The molecule has 1 atom stereocenters. The van der Waals surface area contributed by atoms with Gasteiger partial charge in [-0.15, -0.1) is 0 Å². The quantitative estimate of drug-likeness (QED) is 0.817. The van der Waals surface area contributed by atoms with Gasteiger partial charge >= 0.3 is 0 Å². The van der Waals surface area contributed by atoms with Crippen LogP contribution >= 0.6 is 0 Å². The summed E-state index contributed by atoms with van der Waals surface area (Å²) in [7, 11) is 0. The molecule has 0 saturated carbocycles. The molecule has 0 spiro atoms. The molecule has 0 radical (unpaired) electrons. The highest BCUT2D eigenvalue weighted by Crippen LogP contribution is 2.15. The molecule has 0 aliphatic carbocycles. The molecule has 1 heterocycles. The van der Waals surface area contributed by atoms with Crippen LogP contribution in [0.4, 0.5) is 0 Å². The van der Waals surface area contributed by atoms with Crippen molar-refractivity contribution in [2.24, 2.45) is 5.73 Å². The van der Waals surface area contributed by atoms with E-state index in [9.17, 15) is 0 Å². The minimum absolute atomic E-state index is 0.361. The lowest BCUT2D eigenvalue weighted by Gasteiger charge is -2.15. The van der Waals surface area contributed by atoms with E-state index >= 15 is 0 Å². The Labute approximate surface area is 89.6 Å². The van der Waals surface area contributed by atoms with Crippen LogP contribution in [0.2, 0.25) is 0 Å². The van der Waals surface area contributed by atoms with Crippen LogP contribution < -0.4 is 5.73 Å². The second-order valence-corrected chi connectivity index (χ2v) is 3.60. The minimum Gasteiger partial charge on any atom is -0.337 e. The van der Waals surface area contributed by atoms with Crippen LogP contribution in [0.3, 0.4) is 0 Å². The van der Waals surface area contributed by atoms with Crippen molar-refractivity contribution in [3.05, 3.63) is 54.6 Å². The molecule has 0 aliphatic rings. The molecule has 0 aliphatic heterocycles. The van der Waals surface area contributed by atoms with Crippen molar-refractivity contribution in [3.63, 3.8) is 0 Å². The van der Waals surface area contributed by atoms with Crippen LogP contribution in [-0.2, 0) is 6.54 Å². The zero-order chi connectivity index (χ0) is 10.5. The molecule has 3 nitrogen and oxygen atoms in total. The molecule has 3 heteroatoms. The molecule has 0 fully saturated rings. The van der Waals surface area contributed by atoms with E-state index in [0.717, 1.165) is 6.54 Å². The highest BCUT2D eigenvalue weighted by Gasteiger charge is 2.09. The third kappa shape index (κ3) is 2.44. The van der Waals surface area contributed by atoms with Crippen molar-refractivity contribution < 1.29 is 0 Å². The van der Waals surface area contributed by atoms with E-state index in [-0.39, 0.29) is 0 Å². The van der Waals surface area contributed by atoms with Gasteiger partial charge in [-0.2, -0.15) is 0 Å². The minimum atomic E-state index is 0.361. The maximum absolute atomic E-state index is 5.79. The standard InChI is InChI=1S/C12H15N3/c13-8-12(9-15-7-6-14-10-15)11-4-2-1-3-5-11/h1-7,10,12H,8-9,13H2. The lowest BCUT2D eigenvalue weighted by Crippen LogP contribution is -2.17. The number of hydrogen-bond donors (Lipinski definition) is 1. The zero-order valence-electron chi connectivity index (χ0n) is 8.58. The lowest BCUT2D eigenvalue weighted by atomic mass is 9.99. The number of benzene rings is 1. The summed E-state index contributed by atoms with van der Waals surface area (Å²) in [6.45, 7) is 1.54. The molecule has 1 aromatic carbocycles. The summed E-state index contributed by atoms with van der Waals surface area (Å²) in [4.78, 5) is 4.03. The van der Waals surface area contributed by atoms with Gasteiger partial charge in [0, 0.05) is 31.4 Å². The largest absolute Gasteiger partial charge is 0.337 e. The van der Waals surface area contributed by atoms with Gasteiger partial charge < -0.3 is 10.3 Å². The summed E-state index contributed by atoms with van der Waals surface area (Å²) >= 11 is 0. The monoisotopic (exact) mass is 201 g/mol. The Kier molecular flexibility index (Phi) is 3.15. The first kappa shape index (κ1) is 9.93. The molecule has 0 bridgehead atoms. The third-order valence-corrected chi connectivity index (χ3v) is 2.55. The zero-order valence-corrected chi connectivity index (χ0v) is 8.58. The number of hydrogen-bond acceptors (Lipinski definition) is 2. The van der Waals surface area contributed by atoms with Crippen LogP contribution in [0, 0.1) is 0 Å². The van der Waals surface area contributed by atoms with E-state index in [2.05, 4.69) is 21.7 Å². The molecule has 0 saturated heterocycles. The second-order valence-electron chi connectivity index (χ2n) is 3.60. The van der Waals surface area contributed by atoms with Crippen molar-refractivity contribution in [3.8, 4) is 0 Å². The maximum atomic E-state index is 5.79. The van der Waals surface area contributed by atoms with E-state index < -0.39 is 0 Å². The third-order valence-electron chi connectivity index (χ3n) is 2.55. The normalized spacial score (nSPS) is 12.6. The molecule has 15 heavy (non-hydrogen) atoms. The van der Waals surface area contributed by atoms with E-state index in [1.54, 1.807) is 6.20 Å². The Bertz CT molecular complexity index is 381. The van der Waals surface area contributed by atoms with Gasteiger partial charge in [-0.05, 0) is 5.56 Å². The van der Waals surface area contributed by atoms with Gasteiger partial charge in [-0.3, -0.25) is 0 Å². The van der Waals surface area contributed by atoms with Gasteiger partial charge in [0.05, 0.1) is 6.33 Å². The Morgan fingerprint density at radius 3 is 2.67 bits per heavy atom. The summed E-state index contributed by atoms with van der Waals surface area (Å²) in [5.41, 5.74) is 7.07. The van der Waals surface area contributed by atoms with Gasteiger partial charge in [0.25, 0.3) is 0 Å². The Hall–Kier alpha value is -1.61. The average Bonchev–Trinajstić information content (AvgIpc) is 2.80. The maximum Gasteiger partial charge on any atom is 0.0946 e. The average molecular weight is 201 g/mol. The summed E-state index contributed by atoms with van der Waals surface area (Å²) in [6, 6.07) is 10.4. The van der Waals surface area contributed by atoms with Crippen molar-refractivity contribution in [1.29, 1.82) is 0 Å². The van der Waals surface area contributed by atoms with Gasteiger partial charge in [-0.25, -0.2) is 4.98 Å². The smallest absolute Gasteiger partial charge is 0.0946 e. The molecule has 0 amide bonds. The lowest BCUT2D eigenvalue weighted by molar-refractivity contribution is 0.566. The van der Waals surface area contributed by atoms with Gasteiger partial charge in [0.1, 0.15) is 0 Å². The highest BCUT2D eigenvalue weighted by molar-refractivity contribution is 5.19. The van der Waals surface area contributed by atoms with E-state index in [1.165, 1.54) is 5.56 Å². The number of imidazole rings is 1. The molecule has 2 aromatic rings. The van der Waals surface area contributed by atoms with Crippen molar-refractivity contribution in [2.45, 2.75) is 12.5 Å². The van der Waals surface area contributed by atoms with Gasteiger partial charge in [-0.1, -0.05) is 30.3 Å². The van der Waals surface area contributed by atoms with Gasteiger partial charge in [0.2, 0.25) is 0 Å². The molecule has 2 N–H and O–H groups in total. The van der Waals surface area contributed by atoms with Crippen LogP contribution in [0.5, 0.6) is 0 Å². The SMILES string of the molecule is NCC(Cn1ccnc1)c1ccccc1. The molecule has 2 rings (SSSR count). The van der Waals surface area contributed by atoms with Crippen LogP contribution in [0.15, 0.2) is 49.1 Å². The van der Waals surface area contributed by atoms with Crippen molar-refractivity contribution >= 4 is 0 Å². The molecular weight excluding hydrogens is 186 g/mol. The molecule has 1 aromatic heterocycles. The number of nitrogens with zero attached hydrogens (tertiary/aromatic N) is 2. The fourth-order valence-electron chi connectivity index (χ4n) is 1.69. The first-order valence-corrected chi connectivity index (χ1v) is 5.11. The first-order chi connectivity index (χ1) is 7.40. The first-order valence-electron chi connectivity index (χ1n) is 5.11. The van der Waals surface area contributed by atoms with E-state index in [1.807, 2.05) is 30.7 Å². The van der Waals surface area contributed by atoms with Gasteiger partial charge in [0.15, 0.2) is 0 Å². The van der Waals surface area contributed by atoms with E-state index in [4.69, 9.17) is 5.73 Å². The molecular formula is C12H15N3. The topological polar surface area (TPSA) is 43.8 Å². The summed E-state index contributed by atoms with van der Waals surface area (Å²) in [6.07, 6.45) is 5.58. The van der Waals surface area contributed by atoms with Crippen LogP contribution in [0.25, 0.3) is 0 Å². The Morgan fingerprint density at radius 2 is 2.07 bits per heavy atom. The Balaban J connectivity index is 2.12. The molecule has 78 valence electrons. The van der Waals surface area contributed by atoms with Crippen molar-refractivity contribution in [1.82, 2.24) is 9.55 Å². The second kappa shape index (κ2) is 4.75. The Morgan fingerprint density at radius 1 is 1.27 bits per heavy atom. The predicted octanol–water partition coefficient (Wildman–Crippen LogP) is 1.63. The molecule has 1 unspecified atom stereocenters. The van der Waals surface area contributed by atoms with Crippen molar-refractivity contribution in [2.75, 3.05) is 6.54 Å². The van der Waals surface area contributed by atoms with Crippen LogP contribution in [0.1, 0.15) is 11.5 Å². The summed E-state index contributed by atoms with van der Waals surface area (Å²) in [5, 5.41) is 0. The number of aromatic nitrogens is 2. The van der Waals surface area contributed by atoms with E-state index in [0.29, 0.717) is 12.5 Å². The highest BCUT2D eigenvalue weighted by atomic mass is 15.0. The fraction of sp³-hybridized carbons (Fsp3) is 0.250. The van der Waals surface area contributed by atoms with Crippen LogP contribution in [-0.4, -0.2) is 16.1 Å². The summed E-state index contributed by atoms with van der Waals surface area (Å²) in [5.74, 6) is 0.361. The predicted molar refractivity (Wildman–Crippen MR) is 60.5 cm³/mol. The number of rotatable bonds is 4. The fourth-order valence-corrected chi connectivity index (χ4v) is 1.69.